The molecule has 0 aromatic heterocycles. The molecule has 0 fully saturated rings. The van der Waals surface area contributed by atoms with E-state index in [4.69, 9.17) is 24.7 Å². The van der Waals surface area contributed by atoms with Crippen LogP contribution in [0, 0.1) is 0 Å². The summed E-state index contributed by atoms with van der Waals surface area (Å²) in [5.74, 6) is 0. The van der Waals surface area contributed by atoms with E-state index in [1.165, 1.54) is 0 Å². The first-order valence-electron chi connectivity index (χ1n) is 6.28. The molecule has 19 heavy (non-hydrogen) atoms. The van der Waals surface area contributed by atoms with E-state index >= 15 is 0 Å². The molecule has 0 saturated carbocycles. The Kier molecular flexibility index (Phi) is 5.66. The van der Waals surface area contributed by atoms with E-state index in [1.54, 1.807) is 21.3 Å². The zero-order valence-electron chi connectivity index (χ0n) is 12.1. The quantitative estimate of drug-likeness (QED) is 0.704. The first-order valence-corrected chi connectivity index (χ1v) is 8.00. The molecule has 1 atom stereocenters. The Balaban J connectivity index is 3.45. The molecule has 0 spiro atoms. The largest absolute Gasteiger partial charge is 0.536 e. The molecule has 0 heterocycles. The molecule has 0 radical (unpaired) electrons. The molecule has 0 amide bonds. The van der Waals surface area contributed by atoms with Gasteiger partial charge in [0.1, 0.15) is 0 Å². The predicted molar refractivity (Wildman–Crippen MR) is 78.1 cm³/mol. The molecule has 0 aliphatic rings. The highest BCUT2D eigenvalue weighted by molar-refractivity contribution is 6.75. The number of rotatable bonds is 7. The summed E-state index contributed by atoms with van der Waals surface area (Å²) >= 11 is 0. The lowest BCUT2D eigenvalue weighted by molar-refractivity contribution is 0.139. The zero-order chi connectivity index (χ0) is 14.5. The average molecular weight is 284 g/mol. The topological polar surface area (TPSA) is 79.7 Å². The maximum Gasteiger partial charge on any atom is 0.536 e. The van der Waals surface area contributed by atoms with E-state index in [0.29, 0.717) is 6.54 Å². The van der Waals surface area contributed by atoms with Gasteiger partial charge in [-0.3, -0.25) is 0 Å². The summed E-state index contributed by atoms with van der Waals surface area (Å²) in [7, 11) is 1.84. The first-order chi connectivity index (χ1) is 9.03. The molecular weight excluding hydrogens is 260 g/mol. The van der Waals surface area contributed by atoms with E-state index in [-0.39, 0.29) is 0 Å². The minimum absolute atomic E-state index is 0.349. The van der Waals surface area contributed by atoms with Gasteiger partial charge in [0.05, 0.1) is 5.54 Å². The van der Waals surface area contributed by atoms with Crippen LogP contribution in [-0.4, -0.2) is 36.7 Å². The van der Waals surface area contributed by atoms with Gasteiger partial charge in [-0.05, 0) is 12.0 Å². The van der Waals surface area contributed by atoms with Crippen molar-refractivity contribution in [1.29, 1.82) is 0 Å². The second-order valence-electron chi connectivity index (χ2n) is 4.43. The fraction of sp³-hybridized carbons (Fsp3) is 0.538. The van der Waals surface area contributed by atoms with Crippen LogP contribution in [0.25, 0.3) is 0 Å². The van der Waals surface area contributed by atoms with Gasteiger partial charge in [0.2, 0.25) is 0 Å². The monoisotopic (exact) mass is 284 g/mol. The first kappa shape index (κ1) is 16.3. The van der Waals surface area contributed by atoms with E-state index in [2.05, 4.69) is 0 Å². The van der Waals surface area contributed by atoms with Crippen LogP contribution in [0.4, 0.5) is 0 Å². The summed E-state index contributed by atoms with van der Waals surface area (Å²) < 4.78 is 16.6. The minimum atomic E-state index is -2.92. The molecule has 0 aliphatic carbocycles. The van der Waals surface area contributed by atoms with Crippen molar-refractivity contribution in [2.24, 2.45) is 11.5 Å². The SMILES string of the molecule is CCC(N)(CN)c1ccccc1[Si](OC)(OC)OC. The highest BCUT2D eigenvalue weighted by Crippen LogP contribution is 2.22. The normalized spacial score (nSPS) is 15.3. The van der Waals surface area contributed by atoms with Crippen LogP contribution in [0.2, 0.25) is 0 Å². The molecule has 108 valence electrons. The summed E-state index contributed by atoms with van der Waals surface area (Å²) in [5, 5.41) is 0.873. The number of hydrogen-bond acceptors (Lipinski definition) is 5. The van der Waals surface area contributed by atoms with Crippen molar-refractivity contribution in [1.82, 2.24) is 0 Å². The number of nitrogens with two attached hydrogens (primary N) is 2. The van der Waals surface area contributed by atoms with E-state index < -0.39 is 14.3 Å². The van der Waals surface area contributed by atoms with E-state index in [1.807, 2.05) is 31.2 Å². The van der Waals surface area contributed by atoms with Gasteiger partial charge in [0.15, 0.2) is 0 Å². The van der Waals surface area contributed by atoms with Gasteiger partial charge in [0.25, 0.3) is 0 Å². The summed E-state index contributed by atoms with van der Waals surface area (Å²) in [4.78, 5) is 0. The Morgan fingerprint density at radius 1 is 1.11 bits per heavy atom. The van der Waals surface area contributed by atoms with Gasteiger partial charge in [-0.25, -0.2) is 0 Å². The van der Waals surface area contributed by atoms with Crippen LogP contribution in [-0.2, 0) is 18.8 Å². The Morgan fingerprint density at radius 3 is 2.05 bits per heavy atom. The fourth-order valence-electron chi connectivity index (χ4n) is 2.21. The molecular formula is C13H24N2O3Si. The van der Waals surface area contributed by atoms with Crippen LogP contribution >= 0.6 is 0 Å². The fourth-order valence-corrected chi connectivity index (χ4v) is 4.33. The van der Waals surface area contributed by atoms with Crippen LogP contribution in [0.3, 0.4) is 0 Å². The highest BCUT2D eigenvalue weighted by Gasteiger charge is 2.45. The smallest absolute Gasteiger partial charge is 0.373 e. The molecule has 4 N–H and O–H groups in total. The second-order valence-corrected chi connectivity index (χ2v) is 7.30. The van der Waals surface area contributed by atoms with Crippen molar-refractivity contribution < 1.29 is 13.3 Å². The predicted octanol–water partition coefficient (Wildman–Crippen LogP) is 0.294. The van der Waals surface area contributed by atoms with E-state index in [9.17, 15) is 0 Å². The van der Waals surface area contributed by atoms with Crippen molar-refractivity contribution in [2.75, 3.05) is 27.9 Å². The maximum absolute atomic E-state index is 6.41. The summed E-state index contributed by atoms with van der Waals surface area (Å²) in [6.45, 7) is 2.36. The minimum Gasteiger partial charge on any atom is -0.373 e. The molecule has 1 unspecified atom stereocenters. The van der Waals surface area contributed by atoms with Gasteiger partial charge in [-0.15, -0.1) is 0 Å². The van der Waals surface area contributed by atoms with E-state index in [0.717, 1.165) is 17.2 Å². The number of hydrogen-bond donors (Lipinski definition) is 2. The van der Waals surface area contributed by atoms with Crippen LogP contribution < -0.4 is 16.7 Å². The third-order valence-electron chi connectivity index (χ3n) is 3.59. The van der Waals surface area contributed by atoms with Gasteiger partial charge in [-0.2, -0.15) is 0 Å². The van der Waals surface area contributed by atoms with Gasteiger partial charge in [0, 0.05) is 33.1 Å². The lowest BCUT2D eigenvalue weighted by Crippen LogP contribution is -2.59. The molecule has 5 nitrogen and oxygen atoms in total. The van der Waals surface area contributed by atoms with Gasteiger partial charge in [-0.1, -0.05) is 31.2 Å². The average Bonchev–Trinajstić information content (AvgIpc) is 2.49. The lowest BCUT2D eigenvalue weighted by Gasteiger charge is -2.33. The van der Waals surface area contributed by atoms with Crippen molar-refractivity contribution in [3.8, 4) is 0 Å². The molecule has 1 rings (SSSR count). The summed E-state index contributed by atoms with van der Waals surface area (Å²) in [5.41, 5.74) is 12.6. The Bertz CT molecular complexity index is 398. The lowest BCUT2D eigenvalue weighted by atomic mass is 9.88. The standard InChI is InChI=1S/C13H24N2O3Si/c1-5-13(15,10-14)11-8-6-7-9-12(11)19(16-2,17-3)18-4/h6-9H,5,10,14-15H2,1-4H3. The summed E-state index contributed by atoms with van der Waals surface area (Å²) in [6.07, 6.45) is 0.724. The molecule has 1 aromatic carbocycles. The second kappa shape index (κ2) is 6.60. The molecule has 0 bridgehead atoms. The van der Waals surface area contributed by atoms with Crippen molar-refractivity contribution in [3.63, 3.8) is 0 Å². The molecule has 0 saturated heterocycles. The van der Waals surface area contributed by atoms with Gasteiger partial charge >= 0.3 is 8.80 Å². The van der Waals surface area contributed by atoms with Crippen molar-refractivity contribution in [2.45, 2.75) is 18.9 Å². The number of benzene rings is 1. The third-order valence-corrected chi connectivity index (χ3v) is 6.30. The van der Waals surface area contributed by atoms with Crippen LogP contribution in [0.15, 0.2) is 24.3 Å². The van der Waals surface area contributed by atoms with Crippen molar-refractivity contribution in [3.05, 3.63) is 29.8 Å². The molecule has 6 heteroatoms. The van der Waals surface area contributed by atoms with Crippen LogP contribution in [0.1, 0.15) is 18.9 Å². The van der Waals surface area contributed by atoms with Crippen molar-refractivity contribution >= 4 is 14.0 Å². The third kappa shape index (κ3) is 2.89. The molecule has 1 aromatic rings. The van der Waals surface area contributed by atoms with Gasteiger partial charge < -0.3 is 24.7 Å². The maximum atomic E-state index is 6.41. The highest BCUT2D eigenvalue weighted by atomic mass is 28.4. The van der Waals surface area contributed by atoms with Crippen LogP contribution in [0.5, 0.6) is 0 Å². The Morgan fingerprint density at radius 2 is 1.63 bits per heavy atom. The Hall–Kier alpha value is -0.763. The zero-order valence-corrected chi connectivity index (χ0v) is 13.1. The summed E-state index contributed by atoms with van der Waals surface area (Å²) in [6, 6.07) is 7.76. The Labute approximate surface area is 116 Å². The molecule has 0 aliphatic heterocycles.